The van der Waals surface area contributed by atoms with Gasteiger partial charge >= 0.3 is 5.97 Å². The van der Waals surface area contributed by atoms with Crippen LogP contribution >= 0.6 is 0 Å². The van der Waals surface area contributed by atoms with Crippen LogP contribution in [0.1, 0.15) is 28.4 Å². The fourth-order valence-corrected chi connectivity index (χ4v) is 3.12. The van der Waals surface area contributed by atoms with Crippen LogP contribution in [0.25, 0.3) is 10.9 Å². The molecular formula is C25H20N2O2. The minimum atomic E-state index is -0.362. The van der Waals surface area contributed by atoms with Crippen molar-refractivity contribution in [3.8, 4) is 0 Å². The van der Waals surface area contributed by atoms with Crippen LogP contribution in [-0.4, -0.2) is 23.3 Å². The molecule has 0 radical (unpaired) electrons. The number of carbonyl (C=O) groups excluding carboxylic acids is 1. The Bertz CT molecular complexity index is 1130. The minimum Gasteiger partial charge on any atom is -0.462 e. The molecule has 0 bridgehead atoms. The van der Waals surface area contributed by atoms with E-state index in [1.807, 2.05) is 54.6 Å². The van der Waals surface area contributed by atoms with E-state index < -0.39 is 0 Å². The summed E-state index contributed by atoms with van der Waals surface area (Å²) in [4.78, 5) is 21.3. The molecule has 0 unspecified atom stereocenters. The van der Waals surface area contributed by atoms with Crippen LogP contribution in [0.4, 0.5) is 5.69 Å². The SMILES string of the molecule is CCOC(=O)c1cnc2cc(N=C(c3ccccc3)c3ccccc3)ccc2c1. The highest BCUT2D eigenvalue weighted by Gasteiger charge is 2.10. The van der Waals surface area contributed by atoms with Crippen molar-refractivity contribution in [3.05, 3.63) is 108 Å². The molecule has 1 aromatic heterocycles. The van der Waals surface area contributed by atoms with E-state index in [4.69, 9.17) is 9.73 Å². The van der Waals surface area contributed by atoms with E-state index in [1.165, 1.54) is 0 Å². The molecule has 0 aliphatic rings. The molecule has 4 nitrogen and oxygen atoms in total. The quantitative estimate of drug-likeness (QED) is 0.335. The Hall–Kier alpha value is -3.79. The van der Waals surface area contributed by atoms with Gasteiger partial charge < -0.3 is 4.74 Å². The van der Waals surface area contributed by atoms with Crippen molar-refractivity contribution in [2.75, 3.05) is 6.61 Å². The Kier molecular flexibility index (Phi) is 5.43. The van der Waals surface area contributed by atoms with Crippen molar-refractivity contribution in [2.24, 2.45) is 4.99 Å². The largest absolute Gasteiger partial charge is 0.462 e. The maximum absolute atomic E-state index is 11.9. The minimum absolute atomic E-state index is 0.340. The number of rotatable bonds is 5. The Labute approximate surface area is 169 Å². The first-order chi connectivity index (χ1) is 14.2. The molecule has 29 heavy (non-hydrogen) atoms. The molecule has 142 valence electrons. The summed E-state index contributed by atoms with van der Waals surface area (Å²) in [6.07, 6.45) is 1.54. The molecule has 0 atom stereocenters. The molecule has 0 fully saturated rings. The number of hydrogen-bond donors (Lipinski definition) is 0. The first-order valence-corrected chi connectivity index (χ1v) is 9.51. The van der Waals surface area contributed by atoms with Crippen LogP contribution < -0.4 is 0 Å². The van der Waals surface area contributed by atoms with Gasteiger partial charge in [0.15, 0.2) is 0 Å². The molecule has 0 spiro atoms. The first-order valence-electron chi connectivity index (χ1n) is 9.51. The highest BCUT2D eigenvalue weighted by molar-refractivity contribution is 6.14. The average Bonchev–Trinajstić information content (AvgIpc) is 2.78. The number of aliphatic imine (C=N–C) groups is 1. The topological polar surface area (TPSA) is 51.5 Å². The van der Waals surface area contributed by atoms with Gasteiger partial charge in [-0.1, -0.05) is 66.7 Å². The second-order valence-electron chi connectivity index (χ2n) is 6.51. The van der Waals surface area contributed by atoms with E-state index in [0.29, 0.717) is 12.2 Å². The smallest absolute Gasteiger partial charge is 0.339 e. The van der Waals surface area contributed by atoms with Crippen LogP contribution in [0.5, 0.6) is 0 Å². The lowest BCUT2D eigenvalue weighted by Crippen LogP contribution is -2.05. The molecule has 1 heterocycles. The van der Waals surface area contributed by atoms with Crippen molar-refractivity contribution in [3.63, 3.8) is 0 Å². The van der Waals surface area contributed by atoms with Gasteiger partial charge in [0.05, 0.1) is 29.1 Å². The van der Waals surface area contributed by atoms with Gasteiger partial charge in [-0.25, -0.2) is 9.79 Å². The second-order valence-corrected chi connectivity index (χ2v) is 6.51. The van der Waals surface area contributed by atoms with E-state index in [-0.39, 0.29) is 5.97 Å². The molecule has 0 N–H and O–H groups in total. The lowest BCUT2D eigenvalue weighted by Gasteiger charge is -2.08. The molecule has 0 amide bonds. The molecule has 4 heteroatoms. The van der Waals surface area contributed by atoms with E-state index in [1.54, 1.807) is 19.2 Å². The van der Waals surface area contributed by atoms with Gasteiger partial charge in [0.25, 0.3) is 0 Å². The monoisotopic (exact) mass is 380 g/mol. The number of benzene rings is 3. The number of esters is 1. The fourth-order valence-electron chi connectivity index (χ4n) is 3.12. The highest BCUT2D eigenvalue weighted by Crippen LogP contribution is 2.23. The van der Waals surface area contributed by atoms with Crippen LogP contribution in [0.2, 0.25) is 0 Å². The van der Waals surface area contributed by atoms with E-state index in [0.717, 1.165) is 33.4 Å². The molecule has 4 aromatic rings. The molecule has 0 saturated heterocycles. The normalized spacial score (nSPS) is 10.5. The van der Waals surface area contributed by atoms with Crippen LogP contribution in [0.3, 0.4) is 0 Å². The number of ether oxygens (including phenoxy) is 1. The van der Waals surface area contributed by atoms with E-state index >= 15 is 0 Å². The zero-order valence-electron chi connectivity index (χ0n) is 16.1. The lowest BCUT2D eigenvalue weighted by molar-refractivity contribution is 0.0526. The van der Waals surface area contributed by atoms with Gasteiger partial charge in [0.1, 0.15) is 0 Å². The number of aromatic nitrogens is 1. The van der Waals surface area contributed by atoms with Crippen molar-refractivity contribution in [1.29, 1.82) is 0 Å². The van der Waals surface area contributed by atoms with Gasteiger partial charge in [0, 0.05) is 22.7 Å². The predicted molar refractivity (Wildman–Crippen MR) is 116 cm³/mol. The van der Waals surface area contributed by atoms with Crippen molar-refractivity contribution < 1.29 is 9.53 Å². The third-order valence-electron chi connectivity index (χ3n) is 4.51. The second kappa shape index (κ2) is 8.48. The lowest BCUT2D eigenvalue weighted by atomic mass is 10.0. The fraction of sp³-hybridized carbons (Fsp3) is 0.0800. The van der Waals surface area contributed by atoms with Gasteiger partial charge in [-0.15, -0.1) is 0 Å². The van der Waals surface area contributed by atoms with Crippen molar-refractivity contribution in [2.45, 2.75) is 6.92 Å². The van der Waals surface area contributed by atoms with Gasteiger partial charge in [-0.3, -0.25) is 4.98 Å². The zero-order chi connectivity index (χ0) is 20.1. The molecule has 3 aromatic carbocycles. The third kappa shape index (κ3) is 4.22. The van der Waals surface area contributed by atoms with Gasteiger partial charge in [-0.05, 0) is 25.1 Å². The molecule has 0 aliphatic heterocycles. The standard InChI is InChI=1S/C25H20N2O2/c1-2-29-25(28)21-15-20-13-14-22(16-23(20)26-17-21)27-24(18-9-5-3-6-10-18)19-11-7-4-8-12-19/h3-17H,2H2,1H3. The van der Waals surface area contributed by atoms with Gasteiger partial charge in [0.2, 0.25) is 0 Å². The maximum atomic E-state index is 11.9. The van der Waals surface area contributed by atoms with Gasteiger partial charge in [-0.2, -0.15) is 0 Å². The van der Waals surface area contributed by atoms with E-state index in [9.17, 15) is 4.79 Å². The summed E-state index contributed by atoms with van der Waals surface area (Å²) in [7, 11) is 0. The number of nitrogens with zero attached hydrogens (tertiary/aromatic N) is 2. The number of hydrogen-bond acceptors (Lipinski definition) is 4. The molecule has 4 rings (SSSR count). The van der Waals surface area contributed by atoms with Crippen LogP contribution in [0.15, 0.2) is 96.1 Å². The summed E-state index contributed by atoms with van der Waals surface area (Å²) in [6.45, 7) is 2.12. The van der Waals surface area contributed by atoms with Crippen molar-refractivity contribution in [1.82, 2.24) is 4.98 Å². The maximum Gasteiger partial charge on any atom is 0.339 e. The zero-order valence-corrected chi connectivity index (χ0v) is 16.1. The summed E-state index contributed by atoms with van der Waals surface area (Å²) in [5.41, 5.74) is 5.02. The number of pyridine rings is 1. The summed E-state index contributed by atoms with van der Waals surface area (Å²) < 4.78 is 5.05. The molecular weight excluding hydrogens is 360 g/mol. The van der Waals surface area contributed by atoms with Crippen LogP contribution in [0, 0.1) is 0 Å². The van der Waals surface area contributed by atoms with E-state index in [2.05, 4.69) is 29.2 Å². The number of carbonyl (C=O) groups is 1. The Morgan fingerprint density at radius 2 is 1.52 bits per heavy atom. The summed E-state index contributed by atoms with van der Waals surface area (Å²) in [5, 5.41) is 0.871. The summed E-state index contributed by atoms with van der Waals surface area (Å²) in [5.74, 6) is -0.362. The Balaban J connectivity index is 1.76. The Morgan fingerprint density at radius 1 is 0.862 bits per heavy atom. The first kappa shape index (κ1) is 18.6. The molecule has 0 aliphatic carbocycles. The Morgan fingerprint density at radius 3 is 2.14 bits per heavy atom. The van der Waals surface area contributed by atoms with Crippen LogP contribution in [-0.2, 0) is 4.74 Å². The third-order valence-corrected chi connectivity index (χ3v) is 4.51. The highest BCUT2D eigenvalue weighted by atomic mass is 16.5. The predicted octanol–water partition coefficient (Wildman–Crippen LogP) is 5.58. The molecule has 0 saturated carbocycles. The summed E-state index contributed by atoms with van der Waals surface area (Å²) in [6, 6.07) is 27.8. The summed E-state index contributed by atoms with van der Waals surface area (Å²) >= 11 is 0. The number of fused-ring (bicyclic) bond motifs is 1. The van der Waals surface area contributed by atoms with Crippen molar-refractivity contribution >= 4 is 28.3 Å². The average molecular weight is 380 g/mol.